The first-order valence-electron chi connectivity index (χ1n) is 6.41. The number of aliphatic hydroxyl groups is 1. The summed E-state index contributed by atoms with van der Waals surface area (Å²) in [5, 5.41) is 10.2. The van der Waals surface area contributed by atoms with E-state index in [2.05, 4.69) is 36.2 Å². The minimum Gasteiger partial charge on any atom is -0.391 e. The molecule has 0 unspecified atom stereocenters. The van der Waals surface area contributed by atoms with E-state index in [1.165, 1.54) is 18.4 Å². The van der Waals surface area contributed by atoms with E-state index in [0.29, 0.717) is 0 Å². The Hall–Kier alpha value is -1.19. The maximum atomic E-state index is 9.19. The molecule has 0 aliphatic heterocycles. The number of benzene rings is 1. The van der Waals surface area contributed by atoms with E-state index in [1.807, 2.05) is 6.92 Å². The highest BCUT2D eigenvalue weighted by Gasteiger charge is 2.08. The van der Waals surface area contributed by atoms with Gasteiger partial charge in [-0.25, -0.2) is 4.98 Å². The third-order valence-corrected chi connectivity index (χ3v) is 4.25. The summed E-state index contributed by atoms with van der Waals surface area (Å²) in [4.78, 5) is 5.46. The van der Waals surface area contributed by atoms with Crippen LogP contribution < -0.4 is 0 Å². The molecular weight excluding hydrogens is 242 g/mol. The van der Waals surface area contributed by atoms with E-state index >= 15 is 0 Å². The molecule has 2 nitrogen and oxygen atoms in total. The second kappa shape index (κ2) is 6.12. The SMILES string of the molecule is CCCCc1ccc(-c2nc(C)c(CO)s2)cc1. The van der Waals surface area contributed by atoms with Crippen LogP contribution in [0.1, 0.15) is 35.9 Å². The molecule has 0 saturated heterocycles. The Morgan fingerprint density at radius 2 is 1.94 bits per heavy atom. The number of aliphatic hydroxyl groups excluding tert-OH is 1. The number of nitrogens with zero attached hydrogens (tertiary/aromatic N) is 1. The Balaban J connectivity index is 2.17. The van der Waals surface area contributed by atoms with Gasteiger partial charge in [0.25, 0.3) is 0 Å². The molecule has 1 N–H and O–H groups in total. The van der Waals surface area contributed by atoms with E-state index < -0.39 is 0 Å². The zero-order valence-corrected chi connectivity index (χ0v) is 11.8. The summed E-state index contributed by atoms with van der Waals surface area (Å²) in [6.07, 6.45) is 3.62. The van der Waals surface area contributed by atoms with Crippen LogP contribution in [-0.4, -0.2) is 10.1 Å². The van der Waals surface area contributed by atoms with Crippen molar-refractivity contribution >= 4 is 11.3 Å². The zero-order valence-electron chi connectivity index (χ0n) is 10.9. The standard InChI is InChI=1S/C15H19NOS/c1-3-4-5-12-6-8-13(9-7-12)15-16-11(2)14(10-17)18-15/h6-9,17H,3-5,10H2,1-2H3. The summed E-state index contributed by atoms with van der Waals surface area (Å²) < 4.78 is 0. The summed E-state index contributed by atoms with van der Waals surface area (Å²) in [6.45, 7) is 4.24. The Kier molecular flexibility index (Phi) is 4.50. The van der Waals surface area contributed by atoms with Gasteiger partial charge in [0.05, 0.1) is 17.2 Å². The average molecular weight is 261 g/mol. The maximum absolute atomic E-state index is 9.19. The molecule has 0 atom stereocenters. The van der Waals surface area contributed by atoms with Gasteiger partial charge in [-0.15, -0.1) is 11.3 Å². The van der Waals surface area contributed by atoms with Crippen molar-refractivity contribution in [2.45, 2.75) is 39.7 Å². The first-order valence-corrected chi connectivity index (χ1v) is 7.22. The maximum Gasteiger partial charge on any atom is 0.123 e. The molecule has 2 rings (SSSR count). The highest BCUT2D eigenvalue weighted by molar-refractivity contribution is 7.15. The highest BCUT2D eigenvalue weighted by atomic mass is 32.1. The molecule has 2 aromatic rings. The second-order valence-electron chi connectivity index (χ2n) is 4.49. The first kappa shape index (κ1) is 13.2. The summed E-state index contributed by atoms with van der Waals surface area (Å²) in [5.74, 6) is 0. The number of hydrogen-bond donors (Lipinski definition) is 1. The quantitative estimate of drug-likeness (QED) is 0.884. The van der Waals surface area contributed by atoms with Crippen LogP contribution in [0, 0.1) is 6.92 Å². The minimum atomic E-state index is 0.0814. The van der Waals surface area contributed by atoms with E-state index in [9.17, 15) is 5.11 Å². The molecule has 3 heteroatoms. The highest BCUT2D eigenvalue weighted by Crippen LogP contribution is 2.28. The lowest BCUT2D eigenvalue weighted by Gasteiger charge is -2.01. The van der Waals surface area contributed by atoms with Crippen molar-refractivity contribution in [3.63, 3.8) is 0 Å². The molecule has 0 fully saturated rings. The van der Waals surface area contributed by atoms with Crippen LogP contribution in [0.4, 0.5) is 0 Å². The van der Waals surface area contributed by atoms with Crippen molar-refractivity contribution in [2.24, 2.45) is 0 Å². The van der Waals surface area contributed by atoms with Gasteiger partial charge in [-0.05, 0) is 25.3 Å². The molecule has 0 aliphatic rings. The molecule has 18 heavy (non-hydrogen) atoms. The van der Waals surface area contributed by atoms with Crippen molar-refractivity contribution in [1.29, 1.82) is 0 Å². The van der Waals surface area contributed by atoms with Gasteiger partial charge in [0.1, 0.15) is 5.01 Å². The van der Waals surface area contributed by atoms with Crippen LogP contribution in [0.25, 0.3) is 10.6 Å². The minimum absolute atomic E-state index is 0.0814. The predicted octanol–water partition coefficient (Wildman–Crippen LogP) is 3.95. The van der Waals surface area contributed by atoms with Gasteiger partial charge >= 0.3 is 0 Å². The molecule has 0 amide bonds. The van der Waals surface area contributed by atoms with Crippen LogP contribution in [0.2, 0.25) is 0 Å². The molecule has 0 bridgehead atoms. The second-order valence-corrected chi connectivity index (χ2v) is 5.57. The number of aromatic nitrogens is 1. The molecule has 0 aliphatic carbocycles. The van der Waals surface area contributed by atoms with Crippen LogP contribution in [0.15, 0.2) is 24.3 Å². The topological polar surface area (TPSA) is 33.1 Å². The average Bonchev–Trinajstić information content (AvgIpc) is 2.78. The number of rotatable bonds is 5. The van der Waals surface area contributed by atoms with Crippen LogP contribution >= 0.6 is 11.3 Å². The van der Waals surface area contributed by atoms with Crippen molar-refractivity contribution in [1.82, 2.24) is 4.98 Å². The van der Waals surface area contributed by atoms with Gasteiger partial charge in [0, 0.05) is 5.56 Å². The molecule has 1 aromatic heterocycles. The number of aryl methyl sites for hydroxylation is 2. The Morgan fingerprint density at radius 1 is 1.22 bits per heavy atom. The van der Waals surface area contributed by atoms with Crippen molar-refractivity contribution < 1.29 is 5.11 Å². The van der Waals surface area contributed by atoms with E-state index in [0.717, 1.165) is 27.6 Å². The Bertz CT molecular complexity index is 502. The van der Waals surface area contributed by atoms with E-state index in [1.54, 1.807) is 11.3 Å². The summed E-state index contributed by atoms with van der Waals surface area (Å²) in [6, 6.07) is 8.62. The van der Waals surface area contributed by atoms with Gasteiger partial charge in [0.2, 0.25) is 0 Å². The van der Waals surface area contributed by atoms with Gasteiger partial charge in [-0.2, -0.15) is 0 Å². The van der Waals surface area contributed by atoms with E-state index in [4.69, 9.17) is 0 Å². The zero-order chi connectivity index (χ0) is 13.0. The third kappa shape index (κ3) is 2.98. The van der Waals surface area contributed by atoms with Crippen molar-refractivity contribution in [3.8, 4) is 10.6 Å². The third-order valence-electron chi connectivity index (χ3n) is 3.06. The summed E-state index contributed by atoms with van der Waals surface area (Å²) in [7, 11) is 0. The summed E-state index contributed by atoms with van der Waals surface area (Å²) >= 11 is 1.58. The molecule has 0 saturated carbocycles. The van der Waals surface area contributed by atoms with Crippen LogP contribution in [-0.2, 0) is 13.0 Å². The van der Waals surface area contributed by atoms with Crippen molar-refractivity contribution in [3.05, 3.63) is 40.4 Å². The Morgan fingerprint density at radius 3 is 2.50 bits per heavy atom. The largest absolute Gasteiger partial charge is 0.391 e. The smallest absolute Gasteiger partial charge is 0.123 e. The summed E-state index contributed by atoms with van der Waals surface area (Å²) in [5.41, 5.74) is 3.46. The lowest BCUT2D eigenvalue weighted by Crippen LogP contribution is -1.85. The van der Waals surface area contributed by atoms with Gasteiger partial charge in [-0.1, -0.05) is 37.6 Å². The fourth-order valence-electron chi connectivity index (χ4n) is 1.89. The fraction of sp³-hybridized carbons (Fsp3) is 0.400. The van der Waals surface area contributed by atoms with Gasteiger partial charge < -0.3 is 5.11 Å². The lowest BCUT2D eigenvalue weighted by molar-refractivity contribution is 0.284. The molecule has 0 radical (unpaired) electrons. The first-order chi connectivity index (χ1) is 8.74. The number of thiazole rings is 1. The fourth-order valence-corrected chi connectivity index (χ4v) is 2.82. The normalized spacial score (nSPS) is 10.8. The van der Waals surface area contributed by atoms with Crippen LogP contribution in [0.3, 0.4) is 0 Å². The Labute approximate surface area is 112 Å². The number of unbranched alkanes of at least 4 members (excludes halogenated alkanes) is 1. The molecule has 1 heterocycles. The molecule has 96 valence electrons. The molecule has 1 aromatic carbocycles. The monoisotopic (exact) mass is 261 g/mol. The molecular formula is C15H19NOS. The lowest BCUT2D eigenvalue weighted by atomic mass is 10.1. The number of hydrogen-bond acceptors (Lipinski definition) is 3. The molecule has 0 spiro atoms. The van der Waals surface area contributed by atoms with Crippen molar-refractivity contribution in [2.75, 3.05) is 0 Å². The van der Waals surface area contributed by atoms with E-state index in [-0.39, 0.29) is 6.61 Å². The van der Waals surface area contributed by atoms with Crippen LogP contribution in [0.5, 0.6) is 0 Å². The van der Waals surface area contributed by atoms with Gasteiger partial charge in [-0.3, -0.25) is 0 Å². The van der Waals surface area contributed by atoms with Gasteiger partial charge in [0.15, 0.2) is 0 Å². The predicted molar refractivity (Wildman–Crippen MR) is 76.8 cm³/mol.